The lowest BCUT2D eigenvalue weighted by Crippen LogP contribution is -2.38. The van der Waals surface area contributed by atoms with E-state index in [2.05, 4.69) is 15.2 Å². The molecule has 1 fully saturated rings. The number of likely N-dealkylation sites (tertiary alicyclic amines) is 1. The number of thiophene rings is 1. The summed E-state index contributed by atoms with van der Waals surface area (Å²) in [5.74, 6) is 0.906. The van der Waals surface area contributed by atoms with E-state index in [-0.39, 0.29) is 11.2 Å². The van der Waals surface area contributed by atoms with Crippen LogP contribution in [0.3, 0.4) is 0 Å². The fourth-order valence-electron chi connectivity index (χ4n) is 3.10. The number of aromatic amines is 1. The number of hydrogen-bond donors (Lipinski definition) is 1. The number of nitrogens with zero attached hydrogens (tertiary/aromatic N) is 3. The Morgan fingerprint density at radius 1 is 1.12 bits per heavy atom. The number of thioether (sulfide) groups is 1. The second kappa shape index (κ2) is 8.05. The van der Waals surface area contributed by atoms with Gasteiger partial charge in [0.05, 0.1) is 4.88 Å². The molecule has 0 bridgehead atoms. The molecule has 1 aliphatic heterocycles. The SMILES string of the molecule is O=C([C@@H](Sc1n[nH]c(-c2cccs2)n1)c1ccccc1)N1CCCCC1. The van der Waals surface area contributed by atoms with Crippen molar-refractivity contribution in [3.05, 3.63) is 53.4 Å². The highest BCUT2D eigenvalue weighted by Gasteiger charge is 2.29. The molecule has 1 aromatic carbocycles. The number of amides is 1. The van der Waals surface area contributed by atoms with Crippen LogP contribution in [0.25, 0.3) is 10.7 Å². The highest BCUT2D eigenvalue weighted by molar-refractivity contribution is 8.00. The topological polar surface area (TPSA) is 61.9 Å². The quantitative estimate of drug-likeness (QED) is 0.663. The van der Waals surface area contributed by atoms with Crippen molar-refractivity contribution >= 4 is 29.0 Å². The third-order valence-corrected chi connectivity index (χ3v) is 6.42. The number of rotatable bonds is 5. The van der Waals surface area contributed by atoms with Crippen LogP contribution in [0, 0.1) is 0 Å². The summed E-state index contributed by atoms with van der Waals surface area (Å²) in [5, 5.41) is 9.61. The van der Waals surface area contributed by atoms with Gasteiger partial charge >= 0.3 is 0 Å². The van der Waals surface area contributed by atoms with Crippen molar-refractivity contribution in [1.29, 1.82) is 0 Å². The first-order valence-corrected chi connectivity index (χ1v) is 10.5. The van der Waals surface area contributed by atoms with Gasteiger partial charge in [0.2, 0.25) is 11.1 Å². The number of piperidine rings is 1. The van der Waals surface area contributed by atoms with Crippen LogP contribution in [0.5, 0.6) is 0 Å². The molecule has 0 unspecified atom stereocenters. The van der Waals surface area contributed by atoms with E-state index in [1.165, 1.54) is 18.2 Å². The maximum absolute atomic E-state index is 13.2. The monoisotopic (exact) mass is 384 g/mol. The van der Waals surface area contributed by atoms with Crippen molar-refractivity contribution in [2.75, 3.05) is 13.1 Å². The molecule has 1 atom stereocenters. The first kappa shape index (κ1) is 17.3. The number of nitrogens with one attached hydrogen (secondary N) is 1. The summed E-state index contributed by atoms with van der Waals surface area (Å²) < 4.78 is 0. The van der Waals surface area contributed by atoms with Crippen LogP contribution >= 0.6 is 23.1 Å². The molecule has 0 radical (unpaired) electrons. The lowest BCUT2D eigenvalue weighted by atomic mass is 10.1. The normalized spacial score (nSPS) is 15.8. The van der Waals surface area contributed by atoms with Gasteiger partial charge < -0.3 is 4.90 Å². The second-order valence-corrected chi connectivity index (χ2v) is 8.26. The molecule has 7 heteroatoms. The van der Waals surface area contributed by atoms with E-state index in [9.17, 15) is 4.79 Å². The minimum atomic E-state index is -0.318. The molecular formula is C19H20N4OS2. The van der Waals surface area contributed by atoms with Crippen LogP contribution in [0.1, 0.15) is 30.1 Å². The molecule has 5 nitrogen and oxygen atoms in total. The van der Waals surface area contributed by atoms with Gasteiger partial charge in [0.15, 0.2) is 5.82 Å². The molecule has 26 heavy (non-hydrogen) atoms. The number of H-pyrrole nitrogens is 1. The van der Waals surface area contributed by atoms with E-state index in [0.29, 0.717) is 5.16 Å². The lowest BCUT2D eigenvalue weighted by molar-refractivity contribution is -0.131. The molecule has 1 aliphatic rings. The molecule has 3 heterocycles. The van der Waals surface area contributed by atoms with Crippen LogP contribution in [-0.4, -0.2) is 39.1 Å². The molecule has 0 spiro atoms. The van der Waals surface area contributed by atoms with Crippen molar-refractivity contribution in [2.24, 2.45) is 0 Å². The Morgan fingerprint density at radius 2 is 1.92 bits per heavy atom. The molecule has 4 rings (SSSR count). The standard InChI is InChI=1S/C19H20N4OS2/c24-18(23-11-5-2-6-12-23)16(14-8-3-1-4-9-14)26-19-20-17(21-22-19)15-10-7-13-25-15/h1,3-4,7-10,13,16H,2,5-6,11-12H2,(H,20,21,22)/t16-/m0/s1. The van der Waals surface area contributed by atoms with Gasteiger partial charge in [-0.3, -0.25) is 9.89 Å². The van der Waals surface area contributed by atoms with Gasteiger partial charge in [0.25, 0.3) is 0 Å². The Labute approximate surface area is 160 Å². The number of carbonyl (C=O) groups excluding carboxylic acids is 1. The number of aromatic nitrogens is 3. The van der Waals surface area contributed by atoms with Crippen molar-refractivity contribution in [3.63, 3.8) is 0 Å². The van der Waals surface area contributed by atoms with Crippen molar-refractivity contribution in [1.82, 2.24) is 20.1 Å². The molecule has 1 amide bonds. The largest absolute Gasteiger partial charge is 0.341 e. The number of carbonyl (C=O) groups is 1. The summed E-state index contributed by atoms with van der Waals surface area (Å²) in [4.78, 5) is 20.8. The van der Waals surface area contributed by atoms with Crippen LogP contribution < -0.4 is 0 Å². The van der Waals surface area contributed by atoms with Gasteiger partial charge in [-0.25, -0.2) is 4.98 Å². The summed E-state index contributed by atoms with van der Waals surface area (Å²) >= 11 is 3.04. The third kappa shape index (κ3) is 3.83. The minimum Gasteiger partial charge on any atom is -0.341 e. The Balaban J connectivity index is 1.58. The molecule has 0 saturated carbocycles. The van der Waals surface area contributed by atoms with E-state index in [1.807, 2.05) is 52.7 Å². The smallest absolute Gasteiger partial charge is 0.240 e. The van der Waals surface area contributed by atoms with Crippen LogP contribution in [-0.2, 0) is 4.79 Å². The summed E-state index contributed by atoms with van der Waals surface area (Å²) in [6, 6.07) is 13.9. The number of benzene rings is 1. The fourth-order valence-corrected chi connectivity index (χ4v) is 4.76. The third-order valence-electron chi connectivity index (χ3n) is 4.44. The zero-order chi connectivity index (χ0) is 17.8. The fraction of sp³-hybridized carbons (Fsp3) is 0.316. The number of hydrogen-bond acceptors (Lipinski definition) is 5. The van der Waals surface area contributed by atoms with Gasteiger partial charge in [-0.1, -0.05) is 48.2 Å². The Hall–Kier alpha value is -2.12. The molecule has 2 aromatic heterocycles. The van der Waals surface area contributed by atoms with Crippen LogP contribution in [0.4, 0.5) is 0 Å². The van der Waals surface area contributed by atoms with Crippen LogP contribution in [0.15, 0.2) is 53.0 Å². The molecule has 3 aromatic rings. The van der Waals surface area contributed by atoms with Crippen molar-refractivity contribution in [2.45, 2.75) is 29.7 Å². The van der Waals surface area contributed by atoms with Gasteiger partial charge in [-0.05, 0) is 36.3 Å². The van der Waals surface area contributed by atoms with Crippen LogP contribution in [0.2, 0.25) is 0 Å². The summed E-state index contributed by atoms with van der Waals surface area (Å²) in [7, 11) is 0. The highest BCUT2D eigenvalue weighted by atomic mass is 32.2. The van der Waals surface area contributed by atoms with E-state index in [1.54, 1.807) is 11.3 Å². The maximum atomic E-state index is 13.2. The molecule has 1 N–H and O–H groups in total. The summed E-state index contributed by atoms with van der Waals surface area (Å²) in [6.07, 6.45) is 3.38. The molecule has 0 aliphatic carbocycles. The van der Waals surface area contributed by atoms with Crippen molar-refractivity contribution < 1.29 is 4.79 Å². The Morgan fingerprint density at radius 3 is 2.65 bits per heavy atom. The predicted octanol–water partition coefficient (Wildman–Crippen LogP) is 4.38. The van der Waals surface area contributed by atoms with Gasteiger partial charge in [-0.15, -0.1) is 16.4 Å². The summed E-state index contributed by atoms with van der Waals surface area (Å²) in [5.41, 5.74) is 0.996. The minimum absolute atomic E-state index is 0.156. The van der Waals surface area contributed by atoms with Crippen molar-refractivity contribution in [3.8, 4) is 10.7 Å². The van der Waals surface area contributed by atoms with Gasteiger partial charge in [0.1, 0.15) is 5.25 Å². The molecular weight excluding hydrogens is 364 g/mol. The average molecular weight is 385 g/mol. The van der Waals surface area contributed by atoms with Gasteiger partial charge in [-0.2, -0.15) is 0 Å². The lowest BCUT2D eigenvalue weighted by Gasteiger charge is -2.30. The maximum Gasteiger partial charge on any atom is 0.240 e. The Kier molecular flexibility index (Phi) is 5.36. The summed E-state index contributed by atoms with van der Waals surface area (Å²) in [6.45, 7) is 1.69. The molecule has 1 saturated heterocycles. The zero-order valence-electron chi connectivity index (χ0n) is 14.3. The van der Waals surface area contributed by atoms with E-state index >= 15 is 0 Å². The Bertz CT molecular complexity index is 842. The van der Waals surface area contributed by atoms with E-state index < -0.39 is 0 Å². The highest BCUT2D eigenvalue weighted by Crippen LogP contribution is 2.36. The predicted molar refractivity (Wildman–Crippen MR) is 105 cm³/mol. The molecule has 134 valence electrons. The first-order valence-electron chi connectivity index (χ1n) is 8.78. The average Bonchev–Trinajstić information content (AvgIpc) is 3.39. The van der Waals surface area contributed by atoms with E-state index in [0.717, 1.165) is 42.2 Å². The van der Waals surface area contributed by atoms with Gasteiger partial charge in [0, 0.05) is 13.1 Å². The zero-order valence-corrected chi connectivity index (χ0v) is 15.9. The van der Waals surface area contributed by atoms with E-state index in [4.69, 9.17) is 0 Å². The first-order chi connectivity index (χ1) is 12.8. The second-order valence-electron chi connectivity index (χ2n) is 6.24.